The van der Waals surface area contributed by atoms with E-state index in [0.717, 1.165) is 5.56 Å². The van der Waals surface area contributed by atoms with E-state index in [1.807, 2.05) is 19.9 Å². The Morgan fingerprint density at radius 2 is 2.23 bits per heavy atom. The number of aromatic nitrogens is 1. The number of amides is 1. The zero-order valence-electron chi connectivity index (χ0n) is 13.1. The molecule has 0 spiro atoms. The molecule has 124 valence electrons. The van der Waals surface area contributed by atoms with Crippen molar-refractivity contribution in [3.8, 4) is 0 Å². The van der Waals surface area contributed by atoms with Crippen molar-refractivity contribution in [1.82, 2.24) is 10.3 Å². The second-order valence-electron chi connectivity index (χ2n) is 4.79. The van der Waals surface area contributed by atoms with Crippen LogP contribution in [0, 0.1) is 6.92 Å². The fraction of sp³-hybridized carbons (Fsp3) is 0.500. The van der Waals surface area contributed by atoms with Crippen LogP contribution in [-0.4, -0.2) is 43.2 Å². The molecule has 1 aromatic heterocycles. The van der Waals surface area contributed by atoms with Crippen molar-refractivity contribution in [1.29, 1.82) is 0 Å². The molecule has 0 bridgehead atoms. The number of guanidine groups is 1. The topological polar surface area (TPSA) is 102 Å². The van der Waals surface area contributed by atoms with E-state index in [0.29, 0.717) is 24.9 Å². The standard InChI is InChI=1S/C14H23N5O2.HI/c1-10-4-5-12(17-8-10)19-13(20)6-7-16-14(15)18-11(2)9-21-3;/h4-5,8,11H,6-7,9H2,1-3H3,(H3,15,16,18)(H,17,19,20);1H. The number of anilines is 1. The lowest BCUT2D eigenvalue weighted by Gasteiger charge is -2.12. The fourth-order valence-corrected chi connectivity index (χ4v) is 1.61. The molecule has 22 heavy (non-hydrogen) atoms. The third-order valence-electron chi connectivity index (χ3n) is 2.61. The van der Waals surface area contributed by atoms with Gasteiger partial charge in [0.25, 0.3) is 0 Å². The van der Waals surface area contributed by atoms with E-state index < -0.39 is 0 Å². The van der Waals surface area contributed by atoms with Crippen molar-refractivity contribution in [3.05, 3.63) is 23.9 Å². The molecule has 7 nitrogen and oxygen atoms in total. The molecule has 1 aromatic rings. The van der Waals surface area contributed by atoms with Crippen molar-refractivity contribution < 1.29 is 9.53 Å². The van der Waals surface area contributed by atoms with Gasteiger partial charge >= 0.3 is 0 Å². The van der Waals surface area contributed by atoms with Gasteiger partial charge in [0.05, 0.1) is 13.2 Å². The number of rotatable bonds is 7. The van der Waals surface area contributed by atoms with Gasteiger partial charge in [0.2, 0.25) is 5.91 Å². The number of aryl methyl sites for hydroxylation is 1. The number of aliphatic imine (C=N–C) groups is 1. The second-order valence-corrected chi connectivity index (χ2v) is 4.79. The van der Waals surface area contributed by atoms with E-state index in [4.69, 9.17) is 10.5 Å². The molecule has 0 radical (unpaired) electrons. The lowest BCUT2D eigenvalue weighted by molar-refractivity contribution is -0.116. The van der Waals surface area contributed by atoms with Gasteiger partial charge < -0.3 is 21.1 Å². The number of pyridine rings is 1. The maximum Gasteiger partial charge on any atom is 0.227 e. The lowest BCUT2D eigenvalue weighted by atomic mass is 10.3. The van der Waals surface area contributed by atoms with Gasteiger partial charge in [0, 0.05) is 25.8 Å². The maximum absolute atomic E-state index is 11.7. The first-order chi connectivity index (χ1) is 10.0. The molecule has 0 aliphatic rings. The third kappa shape index (κ3) is 8.78. The Labute approximate surface area is 148 Å². The highest BCUT2D eigenvalue weighted by Gasteiger charge is 2.04. The van der Waals surface area contributed by atoms with Gasteiger partial charge in [0.1, 0.15) is 5.82 Å². The Balaban J connectivity index is 0.00000441. The summed E-state index contributed by atoms with van der Waals surface area (Å²) in [7, 11) is 1.62. The SMILES string of the molecule is COCC(C)NC(N)=NCCC(=O)Nc1ccc(C)cn1.I. The number of ether oxygens (including phenoxy) is 1. The molecule has 1 atom stereocenters. The van der Waals surface area contributed by atoms with Gasteiger partial charge in [-0.15, -0.1) is 24.0 Å². The first-order valence-corrected chi connectivity index (χ1v) is 6.79. The van der Waals surface area contributed by atoms with E-state index in [2.05, 4.69) is 20.6 Å². The summed E-state index contributed by atoms with van der Waals surface area (Å²) >= 11 is 0. The molecule has 1 unspecified atom stereocenters. The van der Waals surface area contributed by atoms with Crippen LogP contribution >= 0.6 is 24.0 Å². The minimum Gasteiger partial charge on any atom is -0.383 e. The predicted octanol–water partition coefficient (Wildman–Crippen LogP) is 1.28. The number of halogens is 1. The predicted molar refractivity (Wildman–Crippen MR) is 98.6 cm³/mol. The summed E-state index contributed by atoms with van der Waals surface area (Å²) in [6, 6.07) is 3.72. The molecule has 1 amide bonds. The molecule has 0 fully saturated rings. The third-order valence-corrected chi connectivity index (χ3v) is 2.61. The monoisotopic (exact) mass is 421 g/mol. The first-order valence-electron chi connectivity index (χ1n) is 6.79. The molecule has 0 aliphatic heterocycles. The van der Waals surface area contributed by atoms with E-state index in [1.165, 1.54) is 0 Å². The summed E-state index contributed by atoms with van der Waals surface area (Å²) in [4.78, 5) is 19.9. The van der Waals surface area contributed by atoms with E-state index in [-0.39, 0.29) is 42.3 Å². The van der Waals surface area contributed by atoms with Crippen molar-refractivity contribution >= 4 is 41.7 Å². The van der Waals surface area contributed by atoms with Gasteiger partial charge in [-0.2, -0.15) is 0 Å². The number of hydrogen-bond acceptors (Lipinski definition) is 4. The lowest BCUT2D eigenvalue weighted by Crippen LogP contribution is -2.40. The van der Waals surface area contributed by atoms with Crippen molar-refractivity contribution in [2.24, 2.45) is 10.7 Å². The Hall–Kier alpha value is -1.42. The van der Waals surface area contributed by atoms with Crippen LogP contribution in [0.5, 0.6) is 0 Å². The molecular formula is C14H24IN5O2. The Morgan fingerprint density at radius 3 is 2.82 bits per heavy atom. The summed E-state index contributed by atoms with van der Waals surface area (Å²) in [5, 5.41) is 5.67. The highest BCUT2D eigenvalue weighted by Crippen LogP contribution is 2.04. The Kier molecular flexibility index (Phi) is 10.5. The molecule has 1 heterocycles. The van der Waals surface area contributed by atoms with E-state index in [1.54, 1.807) is 19.4 Å². The van der Waals surface area contributed by atoms with Crippen LogP contribution in [0.25, 0.3) is 0 Å². The highest BCUT2D eigenvalue weighted by atomic mass is 127. The number of nitrogens with zero attached hydrogens (tertiary/aromatic N) is 2. The molecule has 0 saturated heterocycles. The number of carbonyl (C=O) groups excluding carboxylic acids is 1. The maximum atomic E-state index is 11.7. The van der Waals surface area contributed by atoms with Crippen LogP contribution in [-0.2, 0) is 9.53 Å². The fourth-order valence-electron chi connectivity index (χ4n) is 1.61. The van der Waals surface area contributed by atoms with Crippen LogP contribution in [0.15, 0.2) is 23.3 Å². The summed E-state index contributed by atoms with van der Waals surface area (Å²) in [5.41, 5.74) is 6.74. The summed E-state index contributed by atoms with van der Waals surface area (Å²) in [6.45, 7) is 4.72. The van der Waals surface area contributed by atoms with Gasteiger partial charge in [-0.3, -0.25) is 9.79 Å². The Bertz CT molecular complexity index is 479. The molecule has 4 N–H and O–H groups in total. The number of hydrogen-bond donors (Lipinski definition) is 3. The van der Waals surface area contributed by atoms with Crippen LogP contribution < -0.4 is 16.4 Å². The average Bonchev–Trinajstić information content (AvgIpc) is 2.41. The smallest absolute Gasteiger partial charge is 0.227 e. The van der Waals surface area contributed by atoms with Gasteiger partial charge in [-0.25, -0.2) is 4.98 Å². The van der Waals surface area contributed by atoms with Crippen LogP contribution in [0.4, 0.5) is 5.82 Å². The highest BCUT2D eigenvalue weighted by molar-refractivity contribution is 14.0. The largest absolute Gasteiger partial charge is 0.383 e. The van der Waals surface area contributed by atoms with Crippen LogP contribution in [0.1, 0.15) is 18.9 Å². The number of carbonyl (C=O) groups is 1. The van der Waals surface area contributed by atoms with Crippen molar-refractivity contribution in [2.45, 2.75) is 26.3 Å². The normalized spacial score (nSPS) is 12.2. The minimum absolute atomic E-state index is 0. The zero-order valence-corrected chi connectivity index (χ0v) is 15.5. The van der Waals surface area contributed by atoms with Crippen molar-refractivity contribution in [3.63, 3.8) is 0 Å². The number of methoxy groups -OCH3 is 1. The first kappa shape index (κ1) is 20.6. The second kappa shape index (κ2) is 11.2. The summed E-state index contributed by atoms with van der Waals surface area (Å²) < 4.78 is 4.98. The Morgan fingerprint density at radius 1 is 1.50 bits per heavy atom. The van der Waals surface area contributed by atoms with E-state index >= 15 is 0 Å². The van der Waals surface area contributed by atoms with Crippen molar-refractivity contribution in [2.75, 3.05) is 25.6 Å². The van der Waals surface area contributed by atoms with Gasteiger partial charge in [-0.1, -0.05) is 6.07 Å². The summed E-state index contributed by atoms with van der Waals surface area (Å²) in [6.07, 6.45) is 1.95. The molecular weight excluding hydrogens is 397 g/mol. The summed E-state index contributed by atoms with van der Waals surface area (Å²) in [5.74, 6) is 0.697. The minimum atomic E-state index is -0.146. The number of nitrogens with one attached hydrogen (secondary N) is 2. The number of nitrogens with two attached hydrogens (primary N) is 1. The average molecular weight is 421 g/mol. The molecule has 8 heteroatoms. The molecule has 0 aromatic carbocycles. The van der Waals surface area contributed by atoms with Gasteiger partial charge in [-0.05, 0) is 25.5 Å². The van der Waals surface area contributed by atoms with Crippen LogP contribution in [0.3, 0.4) is 0 Å². The molecule has 0 saturated carbocycles. The molecule has 0 aliphatic carbocycles. The van der Waals surface area contributed by atoms with E-state index in [9.17, 15) is 4.79 Å². The van der Waals surface area contributed by atoms with Gasteiger partial charge in [0.15, 0.2) is 5.96 Å². The quantitative estimate of drug-likeness (QED) is 0.350. The van der Waals surface area contributed by atoms with Crippen LogP contribution in [0.2, 0.25) is 0 Å². The zero-order chi connectivity index (χ0) is 15.7. The molecule has 1 rings (SSSR count).